The van der Waals surface area contributed by atoms with Crippen molar-refractivity contribution >= 4 is 5.95 Å². The topological polar surface area (TPSA) is 64.9 Å². The van der Waals surface area contributed by atoms with Crippen molar-refractivity contribution in [3.8, 4) is 0 Å². The fourth-order valence-corrected chi connectivity index (χ4v) is 1.89. The van der Waals surface area contributed by atoms with Crippen molar-refractivity contribution in [1.82, 2.24) is 20.2 Å². The van der Waals surface area contributed by atoms with E-state index in [1.165, 1.54) is 6.42 Å². The van der Waals surface area contributed by atoms with Gasteiger partial charge in [0.05, 0.1) is 12.1 Å². The van der Waals surface area contributed by atoms with Crippen LogP contribution in [0.2, 0.25) is 0 Å². The lowest BCUT2D eigenvalue weighted by Crippen LogP contribution is -2.30. The first-order chi connectivity index (χ1) is 6.81. The quantitative estimate of drug-likeness (QED) is 0.749. The number of aryl methyl sites for hydroxylation is 1. The minimum Gasteiger partial charge on any atom is -0.379 e. The zero-order valence-electron chi connectivity index (χ0n) is 8.47. The normalized spacial score (nSPS) is 26.7. The molecule has 1 heterocycles. The van der Waals surface area contributed by atoms with Crippen LogP contribution in [0.1, 0.15) is 19.3 Å². The van der Waals surface area contributed by atoms with E-state index in [1.807, 2.05) is 7.05 Å². The summed E-state index contributed by atoms with van der Waals surface area (Å²) in [6.45, 7) is 0. The number of anilines is 1. The highest BCUT2D eigenvalue weighted by atomic mass is 16.5. The molecule has 0 unspecified atom stereocenters. The number of ether oxygens (including phenoxy) is 1. The molecule has 0 radical (unpaired) electrons. The van der Waals surface area contributed by atoms with Gasteiger partial charge in [-0.3, -0.25) is 0 Å². The predicted octanol–water partition coefficient (Wildman–Crippen LogP) is 0.189. The third kappa shape index (κ3) is 1.70. The monoisotopic (exact) mass is 197 g/mol. The number of aromatic nitrogens is 4. The lowest BCUT2D eigenvalue weighted by atomic mass is 10.2. The number of hydrogen-bond acceptors (Lipinski definition) is 5. The van der Waals surface area contributed by atoms with Gasteiger partial charge in [-0.2, -0.15) is 0 Å². The third-order valence-electron chi connectivity index (χ3n) is 2.69. The number of nitrogens with one attached hydrogen (secondary N) is 1. The first-order valence-corrected chi connectivity index (χ1v) is 4.83. The highest BCUT2D eigenvalue weighted by molar-refractivity contribution is 5.24. The van der Waals surface area contributed by atoms with Gasteiger partial charge in [0.25, 0.3) is 0 Å². The third-order valence-corrected chi connectivity index (χ3v) is 2.69. The summed E-state index contributed by atoms with van der Waals surface area (Å²) in [6, 6.07) is 0.338. The molecule has 1 aromatic rings. The van der Waals surface area contributed by atoms with Gasteiger partial charge in [-0.05, 0) is 29.7 Å². The van der Waals surface area contributed by atoms with Gasteiger partial charge in [0.1, 0.15) is 0 Å². The smallest absolute Gasteiger partial charge is 0.242 e. The molecule has 0 bridgehead atoms. The van der Waals surface area contributed by atoms with Crippen molar-refractivity contribution in [2.45, 2.75) is 31.4 Å². The molecule has 1 saturated carbocycles. The Balaban J connectivity index is 2.00. The SMILES string of the molecule is CO[C@@H]1CCC[C@H]1Nc1nnnn1C. The van der Waals surface area contributed by atoms with E-state index in [1.54, 1.807) is 11.8 Å². The Morgan fingerprint density at radius 3 is 3.00 bits per heavy atom. The van der Waals surface area contributed by atoms with Crippen LogP contribution in [-0.2, 0) is 11.8 Å². The van der Waals surface area contributed by atoms with E-state index < -0.39 is 0 Å². The van der Waals surface area contributed by atoms with Crippen molar-refractivity contribution in [1.29, 1.82) is 0 Å². The van der Waals surface area contributed by atoms with Crippen LogP contribution in [0.5, 0.6) is 0 Å². The maximum Gasteiger partial charge on any atom is 0.242 e. The summed E-state index contributed by atoms with van der Waals surface area (Å²) < 4.78 is 7.00. The predicted molar refractivity (Wildman–Crippen MR) is 50.9 cm³/mol. The lowest BCUT2D eigenvalue weighted by molar-refractivity contribution is 0.101. The summed E-state index contributed by atoms with van der Waals surface area (Å²) in [5.41, 5.74) is 0. The van der Waals surface area contributed by atoms with Gasteiger partial charge >= 0.3 is 0 Å². The average Bonchev–Trinajstić information content (AvgIpc) is 2.77. The molecule has 6 nitrogen and oxygen atoms in total. The molecular formula is C8H15N5O. The van der Waals surface area contributed by atoms with Gasteiger partial charge in [0.2, 0.25) is 5.95 Å². The molecule has 1 aromatic heterocycles. The zero-order chi connectivity index (χ0) is 9.97. The van der Waals surface area contributed by atoms with Gasteiger partial charge in [-0.1, -0.05) is 5.10 Å². The summed E-state index contributed by atoms with van der Waals surface area (Å²) in [4.78, 5) is 0. The fraction of sp³-hybridized carbons (Fsp3) is 0.875. The van der Waals surface area contributed by atoms with Crippen LogP contribution in [0.3, 0.4) is 0 Å². The number of hydrogen-bond donors (Lipinski definition) is 1. The Kier molecular flexibility index (Phi) is 2.62. The number of tetrazole rings is 1. The van der Waals surface area contributed by atoms with E-state index in [9.17, 15) is 0 Å². The van der Waals surface area contributed by atoms with Crippen LogP contribution in [0, 0.1) is 0 Å². The second-order valence-electron chi connectivity index (χ2n) is 3.58. The molecule has 0 aliphatic heterocycles. The Bertz CT molecular complexity index is 300. The van der Waals surface area contributed by atoms with Gasteiger partial charge in [-0.25, -0.2) is 4.68 Å². The van der Waals surface area contributed by atoms with Gasteiger partial charge in [0, 0.05) is 14.2 Å². The van der Waals surface area contributed by atoms with Gasteiger partial charge < -0.3 is 10.1 Å². The lowest BCUT2D eigenvalue weighted by Gasteiger charge is -2.19. The minimum atomic E-state index is 0.284. The molecule has 1 N–H and O–H groups in total. The summed E-state index contributed by atoms with van der Waals surface area (Å²) in [7, 11) is 3.57. The van der Waals surface area contributed by atoms with Gasteiger partial charge in [0.15, 0.2) is 0 Å². The Morgan fingerprint density at radius 1 is 1.50 bits per heavy atom. The highest BCUT2D eigenvalue weighted by Crippen LogP contribution is 2.23. The van der Waals surface area contributed by atoms with Crippen LogP contribution in [0.4, 0.5) is 5.95 Å². The van der Waals surface area contributed by atoms with Crippen LogP contribution in [0.25, 0.3) is 0 Å². The highest BCUT2D eigenvalue weighted by Gasteiger charge is 2.27. The molecular weight excluding hydrogens is 182 g/mol. The van der Waals surface area contributed by atoms with Crippen LogP contribution < -0.4 is 5.32 Å². The molecule has 78 valence electrons. The Morgan fingerprint density at radius 2 is 2.36 bits per heavy atom. The molecule has 0 amide bonds. The molecule has 14 heavy (non-hydrogen) atoms. The van der Waals surface area contributed by atoms with Crippen molar-refractivity contribution in [3.63, 3.8) is 0 Å². The maximum absolute atomic E-state index is 5.37. The summed E-state index contributed by atoms with van der Waals surface area (Å²) in [6.07, 6.45) is 3.71. The first-order valence-electron chi connectivity index (χ1n) is 4.83. The molecule has 1 aliphatic carbocycles. The molecule has 0 saturated heterocycles. The van der Waals surface area contributed by atoms with Crippen LogP contribution in [0.15, 0.2) is 0 Å². The van der Waals surface area contributed by atoms with Crippen molar-refractivity contribution < 1.29 is 4.74 Å². The van der Waals surface area contributed by atoms with E-state index >= 15 is 0 Å². The molecule has 2 rings (SSSR count). The Hall–Kier alpha value is -1.17. The van der Waals surface area contributed by atoms with E-state index in [2.05, 4.69) is 20.8 Å². The second kappa shape index (κ2) is 3.91. The van der Waals surface area contributed by atoms with Crippen molar-refractivity contribution in [2.24, 2.45) is 7.05 Å². The van der Waals surface area contributed by atoms with Gasteiger partial charge in [-0.15, -0.1) is 0 Å². The Labute approximate surface area is 82.6 Å². The molecule has 0 aromatic carbocycles. The average molecular weight is 197 g/mol. The molecule has 2 atom stereocenters. The van der Waals surface area contributed by atoms with E-state index in [0.717, 1.165) is 12.8 Å². The fourth-order valence-electron chi connectivity index (χ4n) is 1.89. The number of methoxy groups -OCH3 is 1. The summed E-state index contributed by atoms with van der Waals surface area (Å²) >= 11 is 0. The largest absolute Gasteiger partial charge is 0.379 e. The van der Waals surface area contributed by atoms with E-state index in [4.69, 9.17) is 4.74 Å². The summed E-state index contributed by atoms with van der Waals surface area (Å²) in [5.74, 6) is 0.707. The molecule has 0 spiro atoms. The van der Waals surface area contributed by atoms with E-state index in [-0.39, 0.29) is 6.10 Å². The van der Waals surface area contributed by atoms with Crippen molar-refractivity contribution in [3.05, 3.63) is 0 Å². The molecule has 1 fully saturated rings. The summed E-state index contributed by atoms with van der Waals surface area (Å²) in [5, 5.41) is 14.5. The molecule has 1 aliphatic rings. The number of rotatable bonds is 3. The second-order valence-corrected chi connectivity index (χ2v) is 3.58. The standard InChI is InChI=1S/C8H15N5O/c1-13-8(10-11-12-13)9-6-4-3-5-7(6)14-2/h6-7H,3-5H2,1-2H3,(H,9,10,12)/t6-,7-/m1/s1. The first kappa shape index (κ1) is 9.39. The minimum absolute atomic E-state index is 0.284. The zero-order valence-corrected chi connectivity index (χ0v) is 8.47. The van der Waals surface area contributed by atoms with Crippen molar-refractivity contribution in [2.75, 3.05) is 12.4 Å². The maximum atomic E-state index is 5.37. The van der Waals surface area contributed by atoms with E-state index in [0.29, 0.717) is 12.0 Å². The van der Waals surface area contributed by atoms with Crippen LogP contribution in [-0.4, -0.2) is 39.5 Å². The molecule has 6 heteroatoms. The number of nitrogens with zero attached hydrogens (tertiary/aromatic N) is 4. The van der Waals surface area contributed by atoms with Crippen LogP contribution >= 0.6 is 0 Å².